The lowest BCUT2D eigenvalue weighted by atomic mass is 9.78. The molecule has 0 aliphatic heterocycles. The average molecular weight is 571 g/mol. The first kappa shape index (κ1) is 27.9. The summed E-state index contributed by atoms with van der Waals surface area (Å²) in [6, 6.07) is 35.4. The number of rotatable bonds is 11. The highest BCUT2D eigenvalue weighted by Gasteiger charge is 2.23. The Bertz CT molecular complexity index is 1760. The first-order valence-electron chi connectivity index (χ1n) is 14.3. The van der Waals surface area contributed by atoms with Gasteiger partial charge in [-0.1, -0.05) is 103 Å². The molecule has 0 N–H and O–H groups in total. The third-order valence-electron chi connectivity index (χ3n) is 7.57. The Kier molecular flexibility index (Phi) is 8.00. The summed E-state index contributed by atoms with van der Waals surface area (Å²) >= 11 is 0. The molecular formula is C35H34N6O2. The molecule has 8 nitrogen and oxygen atoms in total. The van der Waals surface area contributed by atoms with Gasteiger partial charge >= 0.3 is 0 Å². The van der Waals surface area contributed by atoms with Gasteiger partial charge in [0, 0.05) is 12.5 Å². The molecule has 0 spiro atoms. The van der Waals surface area contributed by atoms with Gasteiger partial charge < -0.3 is 9.47 Å². The highest BCUT2D eigenvalue weighted by Crippen LogP contribution is 2.33. The summed E-state index contributed by atoms with van der Waals surface area (Å²) in [5, 5.41) is 16.6. The van der Waals surface area contributed by atoms with Crippen LogP contribution in [-0.4, -0.2) is 30.0 Å². The van der Waals surface area contributed by atoms with E-state index < -0.39 is 0 Å². The van der Waals surface area contributed by atoms with Crippen LogP contribution in [0.1, 0.15) is 41.9 Å². The van der Waals surface area contributed by atoms with Crippen molar-refractivity contribution in [3.8, 4) is 22.6 Å². The molecule has 0 unspecified atom stereocenters. The normalized spacial score (nSPS) is 11.4. The van der Waals surface area contributed by atoms with Gasteiger partial charge in [0.05, 0.1) is 18.9 Å². The number of nitrogens with zero attached hydrogens (tertiary/aromatic N) is 6. The molecule has 6 rings (SSSR count). The van der Waals surface area contributed by atoms with Gasteiger partial charge in [-0.15, -0.1) is 10.2 Å². The minimum Gasteiger partial charge on any atom is -0.487 e. The Morgan fingerprint density at radius 2 is 1.14 bits per heavy atom. The summed E-state index contributed by atoms with van der Waals surface area (Å²) in [6.07, 6.45) is 3.78. The number of aryl methyl sites for hydroxylation is 1. The Balaban J connectivity index is 1.01. The number of ether oxygens (including phenoxy) is 2. The lowest BCUT2D eigenvalue weighted by Crippen LogP contribution is -2.18. The van der Waals surface area contributed by atoms with Crippen LogP contribution in [0, 0.1) is 0 Å². The minimum atomic E-state index is -0.191. The van der Waals surface area contributed by atoms with E-state index in [1.54, 1.807) is 4.68 Å². The Labute approximate surface area is 251 Å². The topological polar surface area (TPSA) is 79.9 Å². The van der Waals surface area contributed by atoms with Crippen molar-refractivity contribution in [2.24, 2.45) is 7.05 Å². The molecule has 0 amide bonds. The van der Waals surface area contributed by atoms with Gasteiger partial charge in [-0.25, -0.2) is 4.68 Å². The monoisotopic (exact) mass is 570 g/mol. The average Bonchev–Trinajstić information content (AvgIpc) is 3.68. The number of hydrogen-bond donors (Lipinski definition) is 0. The summed E-state index contributed by atoms with van der Waals surface area (Å²) in [5.74, 6) is 1.59. The fourth-order valence-electron chi connectivity index (χ4n) is 4.98. The third-order valence-corrected chi connectivity index (χ3v) is 7.57. The van der Waals surface area contributed by atoms with Gasteiger partial charge in [0.1, 0.15) is 36.1 Å². The number of aromatic nitrogens is 6. The number of hydrogen-bond acceptors (Lipinski definition) is 6. The first-order chi connectivity index (χ1) is 20.9. The highest BCUT2D eigenvalue weighted by molar-refractivity contribution is 5.63. The van der Waals surface area contributed by atoms with Crippen LogP contribution in [0.5, 0.6) is 11.5 Å². The van der Waals surface area contributed by atoms with Gasteiger partial charge in [-0.3, -0.25) is 4.68 Å². The predicted octanol–water partition coefficient (Wildman–Crippen LogP) is 6.61. The quantitative estimate of drug-likeness (QED) is 0.175. The van der Waals surface area contributed by atoms with E-state index in [0.717, 1.165) is 22.9 Å². The van der Waals surface area contributed by atoms with E-state index in [4.69, 9.17) is 9.47 Å². The fraction of sp³-hybridized carbons (Fsp3) is 0.200. The van der Waals surface area contributed by atoms with Crippen molar-refractivity contribution in [3.05, 3.63) is 144 Å². The largest absolute Gasteiger partial charge is 0.487 e. The zero-order chi connectivity index (χ0) is 29.6. The molecule has 0 bridgehead atoms. The molecule has 0 aliphatic carbocycles. The molecule has 2 heterocycles. The summed E-state index contributed by atoms with van der Waals surface area (Å²) in [6.45, 7) is 5.82. The van der Waals surface area contributed by atoms with Crippen LogP contribution in [0.3, 0.4) is 0 Å². The van der Waals surface area contributed by atoms with Crippen LogP contribution < -0.4 is 9.47 Å². The molecule has 0 aliphatic rings. The summed E-state index contributed by atoms with van der Waals surface area (Å²) in [5.41, 5.74) is 7.35. The van der Waals surface area contributed by atoms with E-state index in [2.05, 4.69) is 107 Å². The molecule has 0 saturated carbocycles. The maximum absolute atomic E-state index is 6.03. The second-order valence-corrected chi connectivity index (χ2v) is 11.1. The van der Waals surface area contributed by atoms with E-state index in [1.165, 1.54) is 27.8 Å². The molecule has 4 aromatic carbocycles. The van der Waals surface area contributed by atoms with Gasteiger partial charge in [0.25, 0.3) is 0 Å². The summed E-state index contributed by atoms with van der Waals surface area (Å²) in [4.78, 5) is 0. The van der Waals surface area contributed by atoms with E-state index in [0.29, 0.717) is 19.8 Å². The molecule has 216 valence electrons. The fourth-order valence-corrected chi connectivity index (χ4v) is 4.98. The lowest BCUT2D eigenvalue weighted by molar-refractivity contribution is 0.301. The van der Waals surface area contributed by atoms with E-state index in [-0.39, 0.29) is 5.41 Å². The zero-order valence-electron chi connectivity index (χ0n) is 24.6. The highest BCUT2D eigenvalue weighted by atomic mass is 16.5. The van der Waals surface area contributed by atoms with E-state index in [1.807, 2.05) is 54.5 Å². The van der Waals surface area contributed by atoms with Crippen LogP contribution in [0.15, 0.2) is 116 Å². The minimum absolute atomic E-state index is 0.191. The molecule has 0 fully saturated rings. The molecule has 2 aromatic heterocycles. The van der Waals surface area contributed by atoms with Crippen LogP contribution in [0.2, 0.25) is 0 Å². The van der Waals surface area contributed by atoms with Crippen molar-refractivity contribution in [2.45, 2.75) is 39.0 Å². The maximum atomic E-state index is 6.03. The second-order valence-electron chi connectivity index (χ2n) is 11.1. The molecule has 0 radical (unpaired) electrons. The Morgan fingerprint density at radius 1 is 0.605 bits per heavy atom. The smallest absolute Gasteiger partial charge is 0.134 e. The third kappa shape index (κ3) is 6.81. The van der Waals surface area contributed by atoms with Gasteiger partial charge in [0.15, 0.2) is 0 Å². The summed E-state index contributed by atoms with van der Waals surface area (Å²) < 4.78 is 15.4. The molecule has 43 heavy (non-hydrogen) atoms. The van der Waals surface area contributed by atoms with Crippen LogP contribution >= 0.6 is 0 Å². The van der Waals surface area contributed by atoms with Crippen molar-refractivity contribution in [2.75, 3.05) is 0 Å². The lowest BCUT2D eigenvalue weighted by Gasteiger charge is -2.26. The van der Waals surface area contributed by atoms with Crippen molar-refractivity contribution in [1.82, 2.24) is 30.0 Å². The SMILES string of the molecule is Cn1cc(COc2ccc(C(C)(C)c3ccc(OCc4cn(Cc5ccc(-c6ccccc6)cc5)nn4)cc3)cc2)nn1. The molecule has 6 aromatic rings. The van der Waals surface area contributed by atoms with Crippen LogP contribution in [0.4, 0.5) is 0 Å². The van der Waals surface area contributed by atoms with E-state index in [9.17, 15) is 0 Å². The Morgan fingerprint density at radius 3 is 1.70 bits per heavy atom. The summed E-state index contributed by atoms with van der Waals surface area (Å²) in [7, 11) is 1.84. The van der Waals surface area contributed by atoms with Crippen LogP contribution in [0.25, 0.3) is 11.1 Å². The molecule has 8 heteroatoms. The van der Waals surface area contributed by atoms with Gasteiger partial charge in [-0.05, 0) is 52.1 Å². The molecule has 0 saturated heterocycles. The van der Waals surface area contributed by atoms with Gasteiger partial charge in [0.2, 0.25) is 0 Å². The molecule has 0 atom stereocenters. The van der Waals surface area contributed by atoms with Crippen molar-refractivity contribution in [1.29, 1.82) is 0 Å². The zero-order valence-corrected chi connectivity index (χ0v) is 24.6. The van der Waals surface area contributed by atoms with Crippen molar-refractivity contribution in [3.63, 3.8) is 0 Å². The molecular weight excluding hydrogens is 536 g/mol. The Hall–Kier alpha value is -5.24. The van der Waals surface area contributed by atoms with Crippen LogP contribution in [-0.2, 0) is 32.2 Å². The standard InChI is InChI=1S/C35H34N6O2/c1-35(2,29-13-17-33(18-14-29)42-24-31-22-40(3)38-36-31)30-15-19-34(20-16-30)43-25-32-23-41(39-37-32)21-26-9-11-28(12-10-26)27-7-5-4-6-8-27/h4-20,22-23H,21,24-25H2,1-3H3. The van der Waals surface area contributed by atoms with E-state index >= 15 is 0 Å². The van der Waals surface area contributed by atoms with Crippen molar-refractivity contribution >= 4 is 0 Å². The van der Waals surface area contributed by atoms with Crippen molar-refractivity contribution < 1.29 is 9.47 Å². The number of benzene rings is 4. The predicted molar refractivity (Wildman–Crippen MR) is 166 cm³/mol. The first-order valence-corrected chi connectivity index (χ1v) is 14.3. The van der Waals surface area contributed by atoms with Gasteiger partial charge in [-0.2, -0.15) is 0 Å². The second kappa shape index (κ2) is 12.3. The maximum Gasteiger partial charge on any atom is 0.134 e.